The zero-order chi connectivity index (χ0) is 21.1. The van der Waals surface area contributed by atoms with E-state index < -0.39 is 0 Å². The Morgan fingerprint density at radius 2 is 1.86 bits per heavy atom. The van der Waals surface area contributed by atoms with Crippen LogP contribution in [0.25, 0.3) is 0 Å². The molecule has 2 amide bonds. The molecule has 0 radical (unpaired) electrons. The van der Waals surface area contributed by atoms with Gasteiger partial charge in [-0.2, -0.15) is 0 Å². The van der Waals surface area contributed by atoms with E-state index in [0.29, 0.717) is 18.6 Å². The van der Waals surface area contributed by atoms with Crippen LogP contribution in [0, 0.1) is 23.7 Å². The average Bonchev–Trinajstić information content (AvgIpc) is 3.18. The maximum absolute atomic E-state index is 13.1. The molecule has 2 N–H and O–H groups in total. The third kappa shape index (κ3) is 5.28. The maximum atomic E-state index is 13.1. The number of nitrogens with zero attached hydrogens (tertiary/aromatic N) is 1. The summed E-state index contributed by atoms with van der Waals surface area (Å²) in [6.07, 6.45) is 7.84. The molecule has 0 spiro atoms. The van der Waals surface area contributed by atoms with Crippen LogP contribution in [0.1, 0.15) is 72.6 Å². The number of amides is 2. The molecule has 1 aliphatic heterocycles. The largest absolute Gasteiger partial charge is 0.355 e. The molecular weight excluding hydrogens is 386 g/mol. The summed E-state index contributed by atoms with van der Waals surface area (Å²) < 4.78 is 0. The first-order valence-electron chi connectivity index (χ1n) is 11.8. The predicted octanol–water partition coefficient (Wildman–Crippen LogP) is 3.55. The lowest BCUT2D eigenvalue weighted by molar-refractivity contribution is -0.132. The molecule has 29 heavy (non-hydrogen) atoms. The van der Waals surface area contributed by atoms with Crippen LogP contribution in [0.2, 0.25) is 0 Å². The molecule has 7 unspecified atom stereocenters. The molecule has 3 aliphatic rings. The van der Waals surface area contributed by atoms with Crippen LogP contribution < -0.4 is 10.6 Å². The Bertz CT molecular complexity index is 580. The SMILES string of the molecule is CCN(C1CCCC1)C1CC(Cl)CC(C(=O)NCC2C(=O)NC(C)CC2C)C1C. The smallest absolute Gasteiger partial charge is 0.225 e. The van der Waals surface area contributed by atoms with Crippen molar-refractivity contribution in [3.63, 3.8) is 0 Å². The normalized spacial score (nSPS) is 38.8. The first-order valence-corrected chi connectivity index (χ1v) is 12.2. The molecule has 6 heteroatoms. The Hall–Kier alpha value is -0.810. The fraction of sp³-hybridized carbons (Fsp3) is 0.913. The standard InChI is InChI=1S/C23H40ClN3O2/c1-5-27(18-8-6-7-9-18)21-12-17(24)11-19(16(21)4)22(28)25-13-20-14(2)10-15(3)26-23(20)29/h14-21H,5-13H2,1-4H3,(H,25,28)(H,26,29). The molecule has 3 fully saturated rings. The van der Waals surface area contributed by atoms with Crippen molar-refractivity contribution in [2.24, 2.45) is 23.7 Å². The van der Waals surface area contributed by atoms with E-state index in [2.05, 4.69) is 36.3 Å². The minimum Gasteiger partial charge on any atom is -0.355 e. The number of halogens is 1. The highest BCUT2D eigenvalue weighted by atomic mass is 35.5. The van der Waals surface area contributed by atoms with Crippen LogP contribution in [-0.4, -0.2) is 53.3 Å². The van der Waals surface area contributed by atoms with Crippen molar-refractivity contribution >= 4 is 23.4 Å². The Morgan fingerprint density at radius 1 is 1.17 bits per heavy atom. The van der Waals surface area contributed by atoms with E-state index >= 15 is 0 Å². The Labute approximate surface area is 181 Å². The molecule has 166 valence electrons. The summed E-state index contributed by atoms with van der Waals surface area (Å²) in [6, 6.07) is 1.23. The molecule has 7 atom stereocenters. The molecule has 0 aromatic heterocycles. The van der Waals surface area contributed by atoms with E-state index in [4.69, 9.17) is 11.6 Å². The second kappa shape index (κ2) is 10.00. The number of hydrogen-bond acceptors (Lipinski definition) is 3. The van der Waals surface area contributed by atoms with Crippen LogP contribution in [0.5, 0.6) is 0 Å². The zero-order valence-corrected chi connectivity index (χ0v) is 19.4. The number of nitrogens with one attached hydrogen (secondary N) is 2. The van der Waals surface area contributed by atoms with Gasteiger partial charge in [0.1, 0.15) is 0 Å². The zero-order valence-electron chi connectivity index (χ0n) is 18.6. The van der Waals surface area contributed by atoms with Gasteiger partial charge in [0.15, 0.2) is 0 Å². The first-order chi connectivity index (χ1) is 13.8. The number of alkyl halides is 1. The molecule has 3 rings (SSSR count). The molecule has 0 bridgehead atoms. The van der Waals surface area contributed by atoms with Crippen LogP contribution in [-0.2, 0) is 9.59 Å². The number of rotatable bonds is 6. The van der Waals surface area contributed by atoms with Crippen LogP contribution in [0.15, 0.2) is 0 Å². The Balaban J connectivity index is 1.62. The molecule has 2 saturated carbocycles. The van der Waals surface area contributed by atoms with Crippen molar-refractivity contribution in [1.82, 2.24) is 15.5 Å². The topological polar surface area (TPSA) is 61.4 Å². The third-order valence-electron chi connectivity index (χ3n) is 7.80. The second-order valence-corrected chi connectivity index (χ2v) is 10.5. The quantitative estimate of drug-likeness (QED) is 0.639. The van der Waals surface area contributed by atoms with E-state index in [1.54, 1.807) is 0 Å². The molecule has 5 nitrogen and oxygen atoms in total. The molecular formula is C23H40ClN3O2. The van der Waals surface area contributed by atoms with Gasteiger partial charge in [0.25, 0.3) is 0 Å². The highest BCUT2D eigenvalue weighted by molar-refractivity contribution is 6.20. The van der Waals surface area contributed by atoms with Crippen molar-refractivity contribution in [1.29, 1.82) is 0 Å². The predicted molar refractivity (Wildman–Crippen MR) is 118 cm³/mol. The van der Waals surface area contributed by atoms with E-state index in [9.17, 15) is 9.59 Å². The van der Waals surface area contributed by atoms with Gasteiger partial charge >= 0.3 is 0 Å². The molecule has 0 aromatic carbocycles. The summed E-state index contributed by atoms with van der Waals surface area (Å²) in [5.41, 5.74) is 0. The van der Waals surface area contributed by atoms with Crippen molar-refractivity contribution in [2.45, 2.75) is 96.1 Å². The van der Waals surface area contributed by atoms with Gasteiger partial charge in [-0.15, -0.1) is 11.6 Å². The van der Waals surface area contributed by atoms with Gasteiger partial charge in [-0.05, 0) is 57.4 Å². The Morgan fingerprint density at radius 3 is 2.48 bits per heavy atom. The van der Waals surface area contributed by atoms with Gasteiger partial charge in [-0.25, -0.2) is 0 Å². The minimum atomic E-state index is -0.137. The number of carbonyl (C=O) groups is 2. The van der Waals surface area contributed by atoms with E-state index in [1.807, 2.05) is 6.92 Å². The van der Waals surface area contributed by atoms with Gasteiger partial charge in [-0.3, -0.25) is 14.5 Å². The Kier molecular flexibility index (Phi) is 7.88. The average molecular weight is 426 g/mol. The monoisotopic (exact) mass is 425 g/mol. The summed E-state index contributed by atoms with van der Waals surface area (Å²) in [6.45, 7) is 10.1. The maximum Gasteiger partial charge on any atom is 0.225 e. The summed E-state index contributed by atoms with van der Waals surface area (Å²) >= 11 is 6.66. The highest BCUT2D eigenvalue weighted by Crippen LogP contribution is 2.39. The lowest BCUT2D eigenvalue weighted by Gasteiger charge is -2.46. The van der Waals surface area contributed by atoms with Gasteiger partial charge in [0.2, 0.25) is 11.8 Å². The third-order valence-corrected chi connectivity index (χ3v) is 8.16. The second-order valence-electron chi connectivity index (χ2n) is 9.84. The van der Waals surface area contributed by atoms with Gasteiger partial charge in [-0.1, -0.05) is 33.6 Å². The number of carbonyl (C=O) groups excluding carboxylic acids is 2. The van der Waals surface area contributed by atoms with E-state index in [1.165, 1.54) is 25.7 Å². The molecule has 0 aromatic rings. The van der Waals surface area contributed by atoms with Gasteiger partial charge in [0, 0.05) is 36.0 Å². The van der Waals surface area contributed by atoms with Gasteiger partial charge in [0.05, 0.1) is 5.92 Å². The van der Waals surface area contributed by atoms with Crippen molar-refractivity contribution in [3.8, 4) is 0 Å². The summed E-state index contributed by atoms with van der Waals surface area (Å²) in [5, 5.41) is 6.18. The number of piperidine rings is 1. The summed E-state index contributed by atoms with van der Waals surface area (Å²) in [4.78, 5) is 28.1. The van der Waals surface area contributed by atoms with Crippen LogP contribution >= 0.6 is 11.6 Å². The number of hydrogen-bond donors (Lipinski definition) is 2. The first kappa shape index (κ1) is 22.9. The lowest BCUT2D eigenvalue weighted by Crippen LogP contribution is -2.55. The summed E-state index contributed by atoms with van der Waals surface area (Å²) in [7, 11) is 0. The lowest BCUT2D eigenvalue weighted by atomic mass is 9.74. The van der Waals surface area contributed by atoms with Crippen molar-refractivity contribution in [2.75, 3.05) is 13.1 Å². The van der Waals surface area contributed by atoms with Crippen LogP contribution in [0.4, 0.5) is 0 Å². The minimum absolute atomic E-state index is 0.0418. The van der Waals surface area contributed by atoms with E-state index in [0.717, 1.165) is 25.8 Å². The summed E-state index contributed by atoms with van der Waals surface area (Å²) in [5.74, 6) is 0.501. The van der Waals surface area contributed by atoms with E-state index in [-0.39, 0.29) is 46.9 Å². The van der Waals surface area contributed by atoms with Crippen LogP contribution in [0.3, 0.4) is 0 Å². The van der Waals surface area contributed by atoms with Crippen molar-refractivity contribution in [3.05, 3.63) is 0 Å². The molecule has 1 heterocycles. The van der Waals surface area contributed by atoms with Crippen molar-refractivity contribution < 1.29 is 9.59 Å². The highest BCUT2D eigenvalue weighted by Gasteiger charge is 2.43. The molecule has 1 saturated heterocycles. The molecule has 2 aliphatic carbocycles. The van der Waals surface area contributed by atoms with Gasteiger partial charge < -0.3 is 10.6 Å². The fourth-order valence-corrected chi connectivity index (χ4v) is 6.51. The fourth-order valence-electron chi connectivity index (χ4n) is 6.14.